The minimum absolute atomic E-state index is 0.00388. The van der Waals surface area contributed by atoms with E-state index in [1.54, 1.807) is 13.8 Å². The average Bonchev–Trinajstić information content (AvgIpc) is 3.23. The van der Waals surface area contributed by atoms with Gasteiger partial charge in [0.25, 0.3) is 0 Å². The predicted molar refractivity (Wildman–Crippen MR) is 164 cm³/mol. The third kappa shape index (κ3) is 4.48. The first-order valence-electron chi connectivity index (χ1n) is 16.2. The molecule has 5 heteroatoms. The molecule has 0 aliphatic heterocycles. The highest BCUT2D eigenvalue weighted by Gasteiger charge is 2.71. The molecule has 5 saturated carbocycles. The number of esters is 2. The first-order valence-corrected chi connectivity index (χ1v) is 17.3. The molecule has 5 aliphatic carbocycles. The van der Waals surface area contributed by atoms with Gasteiger partial charge in [-0.15, -0.1) is 0 Å². The Hall–Kier alpha value is -0.840. The zero-order chi connectivity index (χ0) is 29.3. The van der Waals surface area contributed by atoms with Crippen LogP contribution in [-0.2, 0) is 19.1 Å². The molecule has 0 aromatic rings. The van der Waals surface area contributed by atoms with Crippen molar-refractivity contribution in [1.82, 2.24) is 0 Å². The van der Waals surface area contributed by atoms with Crippen molar-refractivity contribution in [3.05, 3.63) is 12.2 Å². The summed E-state index contributed by atoms with van der Waals surface area (Å²) in [6, 6.07) is 0. The lowest BCUT2D eigenvalue weighted by molar-refractivity contribution is -0.252. The van der Waals surface area contributed by atoms with Gasteiger partial charge < -0.3 is 9.47 Å². The van der Waals surface area contributed by atoms with Gasteiger partial charge in [0.2, 0.25) is 0 Å². The quantitative estimate of drug-likeness (QED) is 0.169. The summed E-state index contributed by atoms with van der Waals surface area (Å²) < 4.78 is 11.8. The maximum Gasteiger partial charge on any atom is 0.302 e. The fraction of sp³-hybridized carbons (Fsp3) is 0.886. The van der Waals surface area contributed by atoms with E-state index in [0.717, 1.165) is 24.6 Å². The Kier molecular flexibility index (Phi) is 7.96. The molecule has 0 spiro atoms. The van der Waals surface area contributed by atoms with Crippen LogP contribution < -0.4 is 0 Å². The molecule has 0 saturated heterocycles. The predicted octanol–water partition coefficient (Wildman–Crippen LogP) is 8.90. The minimum atomic E-state index is -0.136. The smallest absolute Gasteiger partial charge is 0.302 e. The molecule has 0 heterocycles. The Morgan fingerprint density at radius 1 is 0.825 bits per heavy atom. The van der Waals surface area contributed by atoms with E-state index in [9.17, 15) is 9.59 Å². The highest BCUT2D eigenvalue weighted by atomic mass is 79.9. The molecule has 2 unspecified atom stereocenters. The summed E-state index contributed by atoms with van der Waals surface area (Å²) in [6.07, 6.45) is 13.2. The molecule has 5 aliphatic rings. The van der Waals surface area contributed by atoms with Crippen LogP contribution in [0.2, 0.25) is 0 Å². The third-order valence-corrected chi connectivity index (χ3v) is 15.1. The van der Waals surface area contributed by atoms with Crippen LogP contribution >= 0.6 is 15.9 Å². The highest BCUT2D eigenvalue weighted by Crippen LogP contribution is 2.77. The van der Waals surface area contributed by atoms with E-state index in [4.69, 9.17) is 9.47 Å². The van der Waals surface area contributed by atoms with Gasteiger partial charge in [-0.2, -0.15) is 0 Å². The van der Waals surface area contributed by atoms with Crippen molar-refractivity contribution < 1.29 is 19.1 Å². The first kappa shape index (κ1) is 30.6. The van der Waals surface area contributed by atoms with Gasteiger partial charge in [-0.1, -0.05) is 62.7 Å². The molecule has 0 N–H and O–H groups in total. The normalized spacial score (nSPS) is 47.2. The highest BCUT2D eigenvalue weighted by molar-refractivity contribution is 9.09. The van der Waals surface area contributed by atoms with Crippen LogP contribution in [0.3, 0.4) is 0 Å². The fourth-order valence-electron chi connectivity index (χ4n) is 12.4. The third-order valence-electron chi connectivity index (χ3n) is 14.3. The van der Waals surface area contributed by atoms with Crippen molar-refractivity contribution in [1.29, 1.82) is 0 Å². The number of alkyl halides is 1. The molecule has 0 amide bonds. The van der Waals surface area contributed by atoms with Crippen molar-refractivity contribution in [2.24, 2.45) is 56.7 Å². The standard InChI is InChI=1S/C35H55BrO4/c1-22(20-36)19-25-11-16-35(21-39-23(2)37)18-17-33(7)26(30(25)35)9-10-28-32(6)14-13-29(40-24(3)38)31(4,5)27(32)12-15-34(28,33)8/h25-30H,1,9-21H2,2-8H3/t25-,26?,27-,28?,29-,30+,32-,33+,34+,35+/m0/s1. The maximum absolute atomic E-state index is 12.0. The number of halogens is 1. The maximum atomic E-state index is 12.0. The van der Waals surface area contributed by atoms with E-state index in [0.29, 0.717) is 41.6 Å². The van der Waals surface area contributed by atoms with Gasteiger partial charge >= 0.3 is 11.9 Å². The van der Waals surface area contributed by atoms with Crippen LogP contribution in [-0.4, -0.2) is 30.0 Å². The van der Waals surface area contributed by atoms with Crippen LogP contribution in [0.4, 0.5) is 0 Å². The molecule has 10 atom stereocenters. The zero-order valence-electron chi connectivity index (χ0n) is 26.4. The van der Waals surface area contributed by atoms with Gasteiger partial charge in [-0.05, 0) is 116 Å². The zero-order valence-corrected chi connectivity index (χ0v) is 28.0. The van der Waals surface area contributed by atoms with Gasteiger partial charge in [0.1, 0.15) is 6.10 Å². The topological polar surface area (TPSA) is 52.6 Å². The van der Waals surface area contributed by atoms with Gasteiger partial charge in [0, 0.05) is 30.0 Å². The number of allylic oxidation sites excluding steroid dienone is 1. The number of rotatable bonds is 6. The Morgan fingerprint density at radius 2 is 1.55 bits per heavy atom. The molecule has 40 heavy (non-hydrogen) atoms. The number of carbonyl (C=O) groups is 2. The van der Waals surface area contributed by atoms with E-state index in [2.05, 4.69) is 57.1 Å². The lowest BCUT2D eigenvalue weighted by atomic mass is 9.32. The largest absolute Gasteiger partial charge is 0.465 e. The van der Waals surface area contributed by atoms with Crippen LogP contribution in [0.15, 0.2) is 12.2 Å². The Morgan fingerprint density at radius 3 is 2.20 bits per heavy atom. The van der Waals surface area contributed by atoms with Crippen LogP contribution in [0.5, 0.6) is 0 Å². The Labute approximate surface area is 252 Å². The first-order chi connectivity index (χ1) is 18.6. The summed E-state index contributed by atoms with van der Waals surface area (Å²) in [6.45, 7) is 20.9. The Balaban J connectivity index is 1.48. The Bertz CT molecular complexity index is 1040. The van der Waals surface area contributed by atoms with Crippen LogP contribution in [0.25, 0.3) is 0 Å². The number of ether oxygens (including phenoxy) is 2. The molecular formula is C35H55BrO4. The van der Waals surface area contributed by atoms with Crippen molar-refractivity contribution in [2.75, 3.05) is 11.9 Å². The monoisotopic (exact) mass is 618 g/mol. The number of fused-ring (bicyclic) bond motifs is 7. The summed E-state index contributed by atoms with van der Waals surface area (Å²) in [7, 11) is 0. The van der Waals surface area contributed by atoms with Gasteiger partial charge in [0.15, 0.2) is 0 Å². The molecule has 5 rings (SSSR count). The van der Waals surface area contributed by atoms with Crippen molar-refractivity contribution in [3.63, 3.8) is 0 Å². The summed E-state index contributed by atoms with van der Waals surface area (Å²) in [4.78, 5) is 24.0. The average molecular weight is 620 g/mol. The molecule has 0 aromatic heterocycles. The molecule has 5 fully saturated rings. The second-order valence-electron chi connectivity index (χ2n) is 16.2. The van der Waals surface area contributed by atoms with Gasteiger partial charge in [-0.3, -0.25) is 9.59 Å². The minimum Gasteiger partial charge on any atom is -0.465 e. The van der Waals surface area contributed by atoms with E-state index >= 15 is 0 Å². The summed E-state index contributed by atoms with van der Waals surface area (Å²) >= 11 is 3.68. The van der Waals surface area contributed by atoms with E-state index in [1.807, 2.05) is 0 Å². The summed E-state index contributed by atoms with van der Waals surface area (Å²) in [5, 5.41) is 0.874. The van der Waals surface area contributed by atoms with E-state index in [1.165, 1.54) is 56.9 Å². The molecule has 4 nitrogen and oxygen atoms in total. The van der Waals surface area contributed by atoms with Crippen molar-refractivity contribution >= 4 is 27.9 Å². The lowest BCUT2D eigenvalue weighted by Gasteiger charge is -2.73. The summed E-state index contributed by atoms with van der Waals surface area (Å²) in [5.74, 6) is 2.89. The molecular weight excluding hydrogens is 564 g/mol. The number of hydrogen-bond acceptors (Lipinski definition) is 4. The molecule has 0 radical (unpaired) electrons. The van der Waals surface area contributed by atoms with E-state index in [-0.39, 0.29) is 39.7 Å². The molecule has 0 aromatic carbocycles. The lowest BCUT2D eigenvalue weighted by Crippen LogP contribution is -2.67. The number of hydrogen-bond donors (Lipinski definition) is 0. The van der Waals surface area contributed by atoms with E-state index < -0.39 is 0 Å². The van der Waals surface area contributed by atoms with Crippen molar-refractivity contribution in [2.45, 2.75) is 125 Å². The second kappa shape index (κ2) is 10.4. The van der Waals surface area contributed by atoms with Crippen LogP contribution in [0, 0.1) is 56.7 Å². The SMILES string of the molecule is C=C(CBr)C[C@@H]1CC[C@]2(COC(C)=O)CC[C@]3(C)C(CCC4[C@@]5(C)CC[C@H](OC(C)=O)C(C)(C)[C@@H]5CC[C@]43C)[C@@H]12. The molecule has 226 valence electrons. The van der Waals surface area contributed by atoms with Crippen molar-refractivity contribution in [3.8, 4) is 0 Å². The second-order valence-corrected chi connectivity index (χ2v) is 16.7. The van der Waals surface area contributed by atoms with Gasteiger partial charge in [-0.25, -0.2) is 0 Å². The molecule has 0 bridgehead atoms. The van der Waals surface area contributed by atoms with Gasteiger partial charge in [0.05, 0.1) is 6.61 Å². The summed E-state index contributed by atoms with van der Waals surface area (Å²) in [5.41, 5.74) is 2.27. The van der Waals surface area contributed by atoms with Crippen LogP contribution in [0.1, 0.15) is 119 Å². The number of carbonyl (C=O) groups excluding carboxylic acids is 2. The fourth-order valence-corrected chi connectivity index (χ4v) is 12.6.